The molecular formula is C24H30N4O4. The lowest BCUT2D eigenvalue weighted by Gasteiger charge is -2.24. The molecule has 0 aromatic heterocycles. The van der Waals surface area contributed by atoms with E-state index < -0.39 is 17.7 Å². The van der Waals surface area contributed by atoms with E-state index in [9.17, 15) is 9.59 Å². The number of amidine groups is 1. The summed E-state index contributed by atoms with van der Waals surface area (Å²) in [6, 6.07) is 3.67. The van der Waals surface area contributed by atoms with Crippen molar-refractivity contribution in [1.82, 2.24) is 10.6 Å². The second-order valence-electron chi connectivity index (χ2n) is 8.51. The molecule has 1 aromatic carbocycles. The van der Waals surface area contributed by atoms with Gasteiger partial charge in [-0.3, -0.25) is 5.32 Å². The number of esters is 1. The molecule has 0 unspecified atom stereocenters. The van der Waals surface area contributed by atoms with E-state index in [1.165, 1.54) is 7.11 Å². The first-order valence-electron chi connectivity index (χ1n) is 10.5. The highest BCUT2D eigenvalue weighted by Crippen LogP contribution is 2.28. The fraction of sp³-hybridized carbons (Fsp3) is 0.375. The van der Waals surface area contributed by atoms with E-state index in [0.717, 1.165) is 35.2 Å². The Morgan fingerprint density at radius 2 is 2.09 bits per heavy atom. The van der Waals surface area contributed by atoms with Gasteiger partial charge in [0.1, 0.15) is 18.1 Å². The number of hydrogen-bond donors (Lipinski definition) is 3. The van der Waals surface area contributed by atoms with Crippen LogP contribution in [0.25, 0.3) is 6.08 Å². The van der Waals surface area contributed by atoms with Gasteiger partial charge in [0.2, 0.25) is 0 Å². The quantitative estimate of drug-likeness (QED) is 0.602. The summed E-state index contributed by atoms with van der Waals surface area (Å²) in [7, 11) is 1.36. The van der Waals surface area contributed by atoms with Gasteiger partial charge in [-0.15, -0.1) is 0 Å². The summed E-state index contributed by atoms with van der Waals surface area (Å²) >= 11 is 0. The number of alkyl carbamates (subject to hydrolysis) is 1. The summed E-state index contributed by atoms with van der Waals surface area (Å²) < 4.78 is 10.3. The lowest BCUT2D eigenvalue weighted by molar-refractivity contribution is 0.0545. The average Bonchev–Trinajstić information content (AvgIpc) is 2.75. The summed E-state index contributed by atoms with van der Waals surface area (Å²) in [4.78, 5) is 28.9. The molecule has 0 atom stereocenters. The van der Waals surface area contributed by atoms with Crippen LogP contribution in [0, 0.1) is 0 Å². The molecule has 1 aliphatic carbocycles. The highest BCUT2D eigenvalue weighted by atomic mass is 16.6. The van der Waals surface area contributed by atoms with Crippen molar-refractivity contribution in [3.8, 4) is 0 Å². The number of carbonyl (C=O) groups excluding carboxylic acids is 2. The topological polar surface area (TPSA) is 101 Å². The number of hydrogen-bond acceptors (Lipinski definition) is 7. The normalized spacial score (nSPS) is 15.2. The maximum absolute atomic E-state index is 12.3. The molecule has 0 saturated carbocycles. The summed E-state index contributed by atoms with van der Waals surface area (Å²) in [5.74, 6) is 0.265. The van der Waals surface area contributed by atoms with E-state index in [4.69, 9.17) is 9.47 Å². The van der Waals surface area contributed by atoms with Crippen LogP contribution in [-0.2, 0) is 9.47 Å². The molecule has 0 fully saturated rings. The summed E-state index contributed by atoms with van der Waals surface area (Å²) in [6.45, 7) is 10.2. The van der Waals surface area contributed by atoms with Gasteiger partial charge >= 0.3 is 12.1 Å². The summed E-state index contributed by atoms with van der Waals surface area (Å²) in [5, 5.41) is 9.34. The molecule has 2 aliphatic rings. The SMILES string of the molecule is C=Cc1cc(C(=O)OC)c2c(c1)C(NCC1=CC(NC(=O)OC(C)(C)C)=CCC1)=NCN2. The van der Waals surface area contributed by atoms with E-state index in [0.29, 0.717) is 30.3 Å². The van der Waals surface area contributed by atoms with Crippen LogP contribution in [0.5, 0.6) is 0 Å². The molecule has 0 spiro atoms. The minimum Gasteiger partial charge on any atom is -0.465 e. The first-order valence-corrected chi connectivity index (χ1v) is 10.5. The second-order valence-corrected chi connectivity index (χ2v) is 8.51. The molecule has 1 amide bonds. The zero-order chi connectivity index (χ0) is 23.3. The molecule has 0 radical (unpaired) electrons. The molecule has 0 saturated heterocycles. The predicted octanol–water partition coefficient (Wildman–Crippen LogP) is 3.96. The van der Waals surface area contributed by atoms with Gasteiger partial charge in [0.05, 0.1) is 18.4 Å². The molecule has 1 aromatic rings. The number of fused-ring (bicyclic) bond motifs is 1. The Bertz CT molecular complexity index is 1020. The lowest BCUT2D eigenvalue weighted by atomic mass is 9.99. The number of nitrogens with zero attached hydrogens (tertiary/aromatic N) is 1. The first kappa shape index (κ1) is 23.1. The van der Waals surface area contributed by atoms with E-state index in [-0.39, 0.29) is 0 Å². The number of nitrogens with one attached hydrogen (secondary N) is 3. The largest absolute Gasteiger partial charge is 0.465 e. The Morgan fingerprint density at radius 1 is 1.31 bits per heavy atom. The number of methoxy groups -OCH3 is 1. The van der Waals surface area contributed by atoms with Crippen LogP contribution < -0.4 is 16.0 Å². The summed E-state index contributed by atoms with van der Waals surface area (Å²) in [5.41, 5.74) is 3.99. The number of ether oxygens (including phenoxy) is 2. The number of anilines is 1. The Labute approximate surface area is 188 Å². The van der Waals surface area contributed by atoms with E-state index in [1.54, 1.807) is 12.1 Å². The van der Waals surface area contributed by atoms with Gasteiger partial charge in [-0.1, -0.05) is 18.7 Å². The Kier molecular flexibility index (Phi) is 7.02. The molecule has 170 valence electrons. The van der Waals surface area contributed by atoms with Gasteiger partial charge in [0, 0.05) is 17.8 Å². The summed E-state index contributed by atoms with van der Waals surface area (Å²) in [6.07, 6.45) is 6.81. The van der Waals surface area contributed by atoms with Gasteiger partial charge < -0.3 is 20.1 Å². The highest BCUT2D eigenvalue weighted by Gasteiger charge is 2.23. The Hall–Kier alpha value is -3.55. The number of allylic oxidation sites excluding steroid dienone is 2. The van der Waals surface area contributed by atoms with Gasteiger partial charge in [-0.25, -0.2) is 14.6 Å². The smallest absolute Gasteiger partial charge is 0.412 e. The molecular weight excluding hydrogens is 408 g/mol. The Balaban J connectivity index is 1.73. The molecule has 8 nitrogen and oxygen atoms in total. The van der Waals surface area contributed by atoms with Crippen molar-refractivity contribution in [2.24, 2.45) is 4.99 Å². The van der Waals surface area contributed by atoms with Gasteiger partial charge in [0.15, 0.2) is 0 Å². The van der Waals surface area contributed by atoms with Crippen molar-refractivity contribution < 1.29 is 19.1 Å². The zero-order valence-corrected chi connectivity index (χ0v) is 19.0. The second kappa shape index (κ2) is 9.72. The highest BCUT2D eigenvalue weighted by molar-refractivity contribution is 6.10. The molecule has 0 bridgehead atoms. The Morgan fingerprint density at radius 3 is 2.78 bits per heavy atom. The number of amides is 1. The minimum atomic E-state index is -0.554. The fourth-order valence-corrected chi connectivity index (χ4v) is 3.47. The van der Waals surface area contributed by atoms with Crippen LogP contribution in [0.2, 0.25) is 0 Å². The third-order valence-electron chi connectivity index (χ3n) is 4.87. The third-order valence-corrected chi connectivity index (χ3v) is 4.87. The molecule has 3 N–H and O–H groups in total. The molecule has 32 heavy (non-hydrogen) atoms. The van der Waals surface area contributed by atoms with Crippen molar-refractivity contribution in [3.63, 3.8) is 0 Å². The first-order chi connectivity index (χ1) is 15.2. The number of rotatable bonds is 5. The molecule has 1 aliphatic heterocycles. The van der Waals surface area contributed by atoms with Crippen LogP contribution >= 0.6 is 0 Å². The van der Waals surface area contributed by atoms with E-state index >= 15 is 0 Å². The van der Waals surface area contributed by atoms with Crippen molar-refractivity contribution in [2.75, 3.05) is 25.6 Å². The molecule has 3 rings (SSSR count). The predicted molar refractivity (Wildman–Crippen MR) is 126 cm³/mol. The monoisotopic (exact) mass is 438 g/mol. The molecule has 8 heteroatoms. The van der Waals surface area contributed by atoms with Crippen LogP contribution in [0.4, 0.5) is 10.5 Å². The van der Waals surface area contributed by atoms with Crippen LogP contribution in [0.3, 0.4) is 0 Å². The maximum Gasteiger partial charge on any atom is 0.412 e. The van der Waals surface area contributed by atoms with Crippen molar-refractivity contribution in [3.05, 3.63) is 58.8 Å². The molecule has 1 heterocycles. The lowest BCUT2D eigenvalue weighted by Crippen LogP contribution is -2.33. The third kappa shape index (κ3) is 5.78. The van der Waals surface area contributed by atoms with Gasteiger partial charge in [-0.2, -0.15) is 0 Å². The van der Waals surface area contributed by atoms with Crippen molar-refractivity contribution in [2.45, 2.75) is 39.2 Å². The van der Waals surface area contributed by atoms with Crippen LogP contribution in [-0.4, -0.2) is 43.8 Å². The van der Waals surface area contributed by atoms with E-state index in [2.05, 4.69) is 27.5 Å². The maximum atomic E-state index is 12.3. The van der Waals surface area contributed by atoms with Gasteiger partial charge in [-0.05, 0) is 63.0 Å². The fourth-order valence-electron chi connectivity index (χ4n) is 3.47. The zero-order valence-electron chi connectivity index (χ0n) is 19.0. The van der Waals surface area contributed by atoms with Crippen LogP contribution in [0.1, 0.15) is 55.1 Å². The van der Waals surface area contributed by atoms with Crippen molar-refractivity contribution >= 4 is 29.7 Å². The standard InChI is InChI=1S/C24H30N4O4/c1-6-15-11-18-20(19(12-15)22(29)31-5)26-14-27-21(18)25-13-16-8-7-9-17(10-16)28-23(30)32-24(2,3)4/h6,9-12,26H,1,7-8,13-14H2,2-5H3,(H,25,27)(H,28,30). The van der Waals surface area contributed by atoms with Crippen LogP contribution in [0.15, 0.2) is 47.1 Å². The van der Waals surface area contributed by atoms with Gasteiger partial charge in [0.25, 0.3) is 0 Å². The minimum absolute atomic E-state index is 0.344. The number of aliphatic imine (C=N–C) groups is 1. The van der Waals surface area contributed by atoms with Crippen molar-refractivity contribution in [1.29, 1.82) is 0 Å². The number of benzene rings is 1. The number of carbonyl (C=O) groups is 2. The average molecular weight is 439 g/mol. The van der Waals surface area contributed by atoms with E-state index in [1.807, 2.05) is 39.0 Å².